The third-order valence-corrected chi connectivity index (χ3v) is 5.67. The fourth-order valence-corrected chi connectivity index (χ4v) is 4.61. The van der Waals surface area contributed by atoms with E-state index in [1.807, 2.05) is 13.8 Å². The van der Waals surface area contributed by atoms with E-state index in [0.717, 1.165) is 12.3 Å². The smallest absolute Gasteiger partial charge is 0.297 e. The van der Waals surface area contributed by atoms with E-state index in [9.17, 15) is 9.59 Å². The summed E-state index contributed by atoms with van der Waals surface area (Å²) in [4.78, 5) is 27.3. The first kappa shape index (κ1) is 13.9. The molecule has 1 aromatic rings. The lowest BCUT2D eigenvalue weighted by Gasteiger charge is -2.28. The lowest BCUT2D eigenvalue weighted by atomic mass is 9.84. The summed E-state index contributed by atoms with van der Waals surface area (Å²) < 4.78 is 1.40. The quantitative estimate of drug-likeness (QED) is 0.872. The molecule has 2 aliphatic carbocycles. The van der Waals surface area contributed by atoms with Crippen LogP contribution in [0.1, 0.15) is 51.1 Å². The minimum Gasteiger partial charge on any atom is -0.297 e. The van der Waals surface area contributed by atoms with Crippen LogP contribution in [0.5, 0.6) is 0 Å². The molecular formula is C15H21ClN2O2. The van der Waals surface area contributed by atoms with Gasteiger partial charge in [0.2, 0.25) is 0 Å². The number of hydrogen-bond donors (Lipinski definition) is 1. The first-order valence-corrected chi connectivity index (χ1v) is 7.93. The molecule has 2 fully saturated rings. The molecule has 4 nitrogen and oxygen atoms in total. The highest BCUT2D eigenvalue weighted by Crippen LogP contribution is 2.51. The summed E-state index contributed by atoms with van der Waals surface area (Å²) in [6, 6.07) is -0.0379. The van der Waals surface area contributed by atoms with Crippen molar-refractivity contribution in [1.82, 2.24) is 9.55 Å². The van der Waals surface area contributed by atoms with Gasteiger partial charge in [0.1, 0.15) is 5.15 Å². The molecule has 2 saturated carbocycles. The van der Waals surface area contributed by atoms with E-state index in [0.29, 0.717) is 23.8 Å². The van der Waals surface area contributed by atoms with E-state index >= 15 is 0 Å². The van der Waals surface area contributed by atoms with Gasteiger partial charge in [0.15, 0.2) is 0 Å². The van der Waals surface area contributed by atoms with Crippen molar-refractivity contribution < 1.29 is 0 Å². The zero-order valence-electron chi connectivity index (χ0n) is 12.0. The lowest BCUT2D eigenvalue weighted by molar-refractivity contribution is 0.234. The molecule has 2 bridgehead atoms. The van der Waals surface area contributed by atoms with Gasteiger partial charge in [0.25, 0.3) is 5.56 Å². The summed E-state index contributed by atoms with van der Waals surface area (Å²) in [5.74, 6) is 1.95. The molecule has 0 radical (unpaired) electrons. The Morgan fingerprint density at radius 1 is 1.35 bits per heavy atom. The average molecular weight is 297 g/mol. The Morgan fingerprint density at radius 2 is 2.10 bits per heavy atom. The van der Waals surface area contributed by atoms with Crippen molar-refractivity contribution in [1.29, 1.82) is 0 Å². The predicted molar refractivity (Wildman–Crippen MR) is 79.4 cm³/mol. The summed E-state index contributed by atoms with van der Waals surface area (Å²) in [5.41, 5.74) is -0.0646. The maximum atomic E-state index is 12.5. The molecule has 1 N–H and O–H groups in total. The van der Waals surface area contributed by atoms with Gasteiger partial charge in [-0.05, 0) is 50.4 Å². The van der Waals surface area contributed by atoms with Gasteiger partial charge in [0, 0.05) is 6.04 Å². The molecular weight excluding hydrogens is 276 g/mol. The summed E-state index contributed by atoms with van der Waals surface area (Å²) in [5, 5.41) is 0.193. The Kier molecular flexibility index (Phi) is 3.53. The Balaban J connectivity index is 2.02. The topological polar surface area (TPSA) is 54.9 Å². The van der Waals surface area contributed by atoms with E-state index in [-0.39, 0.29) is 22.4 Å². The van der Waals surface area contributed by atoms with Gasteiger partial charge >= 0.3 is 5.69 Å². The third-order valence-electron chi connectivity index (χ3n) is 5.35. The van der Waals surface area contributed by atoms with Crippen molar-refractivity contribution in [2.24, 2.45) is 17.8 Å². The molecule has 110 valence electrons. The van der Waals surface area contributed by atoms with Crippen LogP contribution in [0.15, 0.2) is 9.59 Å². The van der Waals surface area contributed by atoms with Crippen molar-refractivity contribution in [2.75, 3.05) is 0 Å². The highest BCUT2D eigenvalue weighted by Gasteiger charge is 2.42. The third kappa shape index (κ3) is 2.05. The number of nitrogens with one attached hydrogen (secondary N) is 1. The van der Waals surface area contributed by atoms with Gasteiger partial charge < -0.3 is 0 Å². The summed E-state index contributed by atoms with van der Waals surface area (Å²) in [6.45, 7) is 3.89. The predicted octanol–water partition coefficient (Wildman–Crippen LogP) is 2.75. The van der Waals surface area contributed by atoms with Crippen LogP contribution in [0.25, 0.3) is 0 Å². The molecule has 4 atom stereocenters. The van der Waals surface area contributed by atoms with Gasteiger partial charge in [-0.3, -0.25) is 14.3 Å². The molecule has 0 amide bonds. The number of rotatable bonds is 3. The Bertz CT molecular complexity index is 634. The van der Waals surface area contributed by atoms with E-state index in [1.54, 1.807) is 0 Å². The fraction of sp³-hybridized carbons (Fsp3) is 0.733. The Hall–Kier alpha value is -1.03. The second kappa shape index (κ2) is 5.06. The standard InChI is InChI=1S/C15H21ClN2O2/c1-3-11-13(16)17-15(20)18(14(11)19)8(2)12-7-9-4-5-10(12)6-9/h8-10,12H,3-7H2,1-2H3,(H,17,20). The van der Waals surface area contributed by atoms with Crippen LogP contribution in [0.4, 0.5) is 0 Å². The monoisotopic (exact) mass is 296 g/mol. The molecule has 0 aromatic carbocycles. The first-order valence-electron chi connectivity index (χ1n) is 7.56. The van der Waals surface area contributed by atoms with Crippen LogP contribution in [0, 0.1) is 17.8 Å². The highest BCUT2D eigenvalue weighted by atomic mass is 35.5. The van der Waals surface area contributed by atoms with Gasteiger partial charge in [0.05, 0.1) is 5.56 Å². The minimum atomic E-state index is -0.368. The molecule has 1 heterocycles. The van der Waals surface area contributed by atoms with E-state index < -0.39 is 0 Å². The highest BCUT2D eigenvalue weighted by molar-refractivity contribution is 6.30. The minimum absolute atomic E-state index is 0.0379. The van der Waals surface area contributed by atoms with Crippen molar-refractivity contribution >= 4 is 11.6 Å². The summed E-state index contributed by atoms with van der Waals surface area (Å²) >= 11 is 5.97. The fourth-order valence-electron chi connectivity index (χ4n) is 4.31. The first-order chi connectivity index (χ1) is 9.52. The molecule has 0 saturated heterocycles. The van der Waals surface area contributed by atoms with Gasteiger partial charge in [-0.2, -0.15) is 0 Å². The number of hydrogen-bond acceptors (Lipinski definition) is 2. The maximum Gasteiger partial charge on any atom is 0.329 e. The largest absolute Gasteiger partial charge is 0.329 e. The lowest BCUT2D eigenvalue weighted by Crippen LogP contribution is -2.42. The number of halogens is 1. The molecule has 4 unspecified atom stereocenters. The number of nitrogens with zero attached hydrogens (tertiary/aromatic N) is 1. The van der Waals surface area contributed by atoms with Crippen molar-refractivity contribution in [3.8, 4) is 0 Å². The van der Waals surface area contributed by atoms with Crippen LogP contribution >= 0.6 is 11.6 Å². The van der Waals surface area contributed by atoms with Gasteiger partial charge in [-0.1, -0.05) is 24.9 Å². The van der Waals surface area contributed by atoms with Crippen LogP contribution < -0.4 is 11.2 Å². The number of aromatic nitrogens is 2. The Labute approximate surface area is 123 Å². The van der Waals surface area contributed by atoms with Crippen molar-refractivity contribution in [3.63, 3.8) is 0 Å². The SMILES string of the molecule is CCc1c(Cl)[nH]c(=O)n(C(C)C2CC3CCC2C3)c1=O. The van der Waals surface area contributed by atoms with Gasteiger partial charge in [-0.15, -0.1) is 0 Å². The zero-order chi connectivity index (χ0) is 14.4. The molecule has 2 aliphatic rings. The van der Waals surface area contributed by atoms with Crippen LogP contribution in [-0.2, 0) is 6.42 Å². The number of fused-ring (bicyclic) bond motifs is 2. The van der Waals surface area contributed by atoms with Crippen LogP contribution in [0.3, 0.4) is 0 Å². The zero-order valence-corrected chi connectivity index (χ0v) is 12.7. The van der Waals surface area contributed by atoms with Crippen molar-refractivity contribution in [2.45, 2.75) is 52.0 Å². The summed E-state index contributed by atoms with van der Waals surface area (Å²) in [7, 11) is 0. The molecule has 5 heteroatoms. The second-order valence-electron chi connectivity index (χ2n) is 6.33. The number of H-pyrrole nitrogens is 1. The van der Waals surface area contributed by atoms with E-state index in [2.05, 4.69) is 4.98 Å². The maximum absolute atomic E-state index is 12.5. The second-order valence-corrected chi connectivity index (χ2v) is 6.71. The van der Waals surface area contributed by atoms with E-state index in [1.165, 1.54) is 23.8 Å². The van der Waals surface area contributed by atoms with E-state index in [4.69, 9.17) is 11.6 Å². The molecule has 20 heavy (non-hydrogen) atoms. The summed E-state index contributed by atoms with van der Waals surface area (Å²) in [6.07, 6.45) is 5.54. The van der Waals surface area contributed by atoms with Gasteiger partial charge in [-0.25, -0.2) is 4.79 Å². The van der Waals surface area contributed by atoms with Crippen LogP contribution in [-0.4, -0.2) is 9.55 Å². The average Bonchev–Trinajstić information content (AvgIpc) is 3.00. The Morgan fingerprint density at radius 3 is 2.65 bits per heavy atom. The van der Waals surface area contributed by atoms with Crippen LogP contribution in [0.2, 0.25) is 5.15 Å². The van der Waals surface area contributed by atoms with Crippen molar-refractivity contribution in [3.05, 3.63) is 31.6 Å². The molecule has 3 rings (SSSR count). The normalized spacial score (nSPS) is 29.9. The molecule has 0 spiro atoms. The molecule has 0 aliphatic heterocycles. The number of aromatic amines is 1. The molecule has 1 aromatic heterocycles.